The van der Waals surface area contributed by atoms with Crippen molar-refractivity contribution in [3.05, 3.63) is 78.0 Å². The number of nitrogens with zero attached hydrogens (tertiary/aromatic N) is 2. The number of para-hydroxylation sites is 1. The number of hydrogen-bond donors (Lipinski definition) is 0. The number of pyridine rings is 1. The Hall–Kier alpha value is -2.66. The Labute approximate surface area is 112 Å². The maximum Gasteiger partial charge on any atom is 0.212 e. The normalized spacial score (nSPS) is 10.3. The van der Waals surface area contributed by atoms with Crippen molar-refractivity contribution in [2.24, 2.45) is 0 Å². The Balaban J connectivity index is 2.14. The average molecular weight is 245 g/mol. The molecule has 3 rings (SSSR count). The number of hydrogen-bond acceptors (Lipinski definition) is 1. The first-order chi connectivity index (χ1) is 9.36. The van der Waals surface area contributed by atoms with E-state index in [1.807, 2.05) is 48.7 Å². The van der Waals surface area contributed by atoms with Gasteiger partial charge in [0.05, 0.1) is 0 Å². The van der Waals surface area contributed by atoms with Gasteiger partial charge < -0.3 is 0 Å². The fourth-order valence-electron chi connectivity index (χ4n) is 2.29. The summed E-state index contributed by atoms with van der Waals surface area (Å²) in [6.07, 6.45) is 1.91. The Morgan fingerprint density at radius 1 is 0.947 bits per heavy atom. The van der Waals surface area contributed by atoms with E-state index in [1.54, 1.807) is 0 Å². The molecule has 2 heteroatoms. The van der Waals surface area contributed by atoms with Gasteiger partial charge in [-0.3, -0.25) is 0 Å². The first-order valence-electron chi connectivity index (χ1n) is 6.23. The molecule has 0 fully saturated rings. The fourth-order valence-corrected chi connectivity index (χ4v) is 2.29. The smallest absolute Gasteiger partial charge is 0.193 e. The van der Waals surface area contributed by atoms with Crippen molar-refractivity contribution in [3.63, 3.8) is 0 Å². The minimum Gasteiger partial charge on any atom is -0.193 e. The van der Waals surface area contributed by atoms with Crippen LogP contribution < -0.4 is 4.57 Å². The lowest BCUT2D eigenvalue weighted by Crippen LogP contribution is -2.35. The highest BCUT2D eigenvalue weighted by molar-refractivity contribution is 5.76. The summed E-state index contributed by atoms with van der Waals surface area (Å²) in [6, 6.07) is 22.6. The molecule has 2 aromatic carbocycles. The summed E-state index contributed by atoms with van der Waals surface area (Å²) in [5.74, 6) is 0. The van der Waals surface area contributed by atoms with Crippen LogP contribution >= 0.6 is 0 Å². The molecule has 0 N–H and O–H groups in total. The number of rotatable bonds is 2. The second-order valence-corrected chi connectivity index (χ2v) is 4.51. The SMILES string of the molecule is N#Cc1cc2ccccc2[n+](Cc2ccccc2)c1. The second kappa shape index (κ2) is 4.91. The lowest BCUT2D eigenvalue weighted by molar-refractivity contribution is -0.662. The lowest BCUT2D eigenvalue weighted by Gasteiger charge is -2.02. The zero-order valence-corrected chi connectivity index (χ0v) is 10.5. The molecule has 0 bridgehead atoms. The van der Waals surface area contributed by atoms with Crippen molar-refractivity contribution in [3.8, 4) is 6.07 Å². The first-order valence-corrected chi connectivity index (χ1v) is 6.23. The van der Waals surface area contributed by atoms with Crippen molar-refractivity contribution in [1.29, 1.82) is 5.26 Å². The van der Waals surface area contributed by atoms with Gasteiger partial charge in [-0.1, -0.05) is 42.5 Å². The Morgan fingerprint density at radius 2 is 1.68 bits per heavy atom. The summed E-state index contributed by atoms with van der Waals surface area (Å²) >= 11 is 0. The second-order valence-electron chi connectivity index (χ2n) is 4.51. The number of nitriles is 1. The molecule has 0 spiro atoms. The van der Waals surface area contributed by atoms with E-state index < -0.39 is 0 Å². The molecule has 0 saturated carbocycles. The summed E-state index contributed by atoms with van der Waals surface area (Å²) in [6.45, 7) is 0.775. The van der Waals surface area contributed by atoms with Gasteiger partial charge in [0.25, 0.3) is 0 Å². The molecule has 0 atom stereocenters. The largest absolute Gasteiger partial charge is 0.212 e. The van der Waals surface area contributed by atoms with E-state index in [1.165, 1.54) is 5.56 Å². The van der Waals surface area contributed by atoms with Crippen LogP contribution in [-0.2, 0) is 6.54 Å². The molecule has 19 heavy (non-hydrogen) atoms. The minimum absolute atomic E-state index is 0.689. The Bertz CT molecular complexity index is 755. The van der Waals surface area contributed by atoms with Crippen molar-refractivity contribution >= 4 is 10.9 Å². The summed E-state index contributed by atoms with van der Waals surface area (Å²) in [4.78, 5) is 0. The Morgan fingerprint density at radius 3 is 2.47 bits per heavy atom. The van der Waals surface area contributed by atoms with Gasteiger partial charge in [-0.15, -0.1) is 0 Å². The van der Waals surface area contributed by atoms with Crippen LogP contribution in [0.3, 0.4) is 0 Å². The van der Waals surface area contributed by atoms with Gasteiger partial charge in [0.1, 0.15) is 11.6 Å². The summed E-state index contributed by atoms with van der Waals surface area (Å²) in [5, 5.41) is 10.2. The van der Waals surface area contributed by atoms with Crippen LogP contribution in [0, 0.1) is 11.3 Å². The number of aromatic nitrogens is 1. The molecule has 2 nitrogen and oxygen atoms in total. The Kier molecular flexibility index (Phi) is 2.96. The summed E-state index contributed by atoms with van der Waals surface area (Å²) in [5.41, 5.74) is 3.06. The lowest BCUT2D eigenvalue weighted by atomic mass is 10.1. The topological polar surface area (TPSA) is 27.7 Å². The third kappa shape index (κ3) is 2.31. The van der Waals surface area contributed by atoms with E-state index in [0.717, 1.165) is 17.4 Å². The van der Waals surface area contributed by atoms with Crippen molar-refractivity contribution in [2.45, 2.75) is 6.54 Å². The van der Waals surface area contributed by atoms with Gasteiger partial charge >= 0.3 is 0 Å². The quantitative estimate of drug-likeness (QED) is 0.638. The standard InChI is InChI=1S/C17H13N2/c18-11-15-10-16-8-4-5-9-17(16)19(13-15)12-14-6-2-1-3-7-14/h1-10,13H,12H2/q+1. The average Bonchev–Trinajstić information content (AvgIpc) is 2.48. The van der Waals surface area contributed by atoms with E-state index in [9.17, 15) is 0 Å². The van der Waals surface area contributed by atoms with Crippen LogP contribution in [0.1, 0.15) is 11.1 Å². The molecule has 1 heterocycles. The fraction of sp³-hybridized carbons (Fsp3) is 0.0588. The highest BCUT2D eigenvalue weighted by Crippen LogP contribution is 2.12. The molecule has 0 amide bonds. The molecular formula is C17H13N2+. The molecule has 90 valence electrons. The van der Waals surface area contributed by atoms with E-state index >= 15 is 0 Å². The van der Waals surface area contributed by atoms with Gasteiger partial charge in [0.2, 0.25) is 5.52 Å². The van der Waals surface area contributed by atoms with Crippen molar-refractivity contribution in [1.82, 2.24) is 0 Å². The molecule has 0 unspecified atom stereocenters. The van der Waals surface area contributed by atoms with Crippen LogP contribution in [0.25, 0.3) is 10.9 Å². The maximum atomic E-state index is 9.12. The van der Waals surface area contributed by atoms with Crippen LogP contribution in [-0.4, -0.2) is 0 Å². The molecule has 0 aliphatic carbocycles. The van der Waals surface area contributed by atoms with E-state index in [4.69, 9.17) is 5.26 Å². The van der Waals surface area contributed by atoms with Gasteiger partial charge in [-0.2, -0.15) is 9.83 Å². The zero-order valence-electron chi connectivity index (χ0n) is 10.5. The van der Waals surface area contributed by atoms with Crippen LogP contribution in [0.2, 0.25) is 0 Å². The van der Waals surface area contributed by atoms with Crippen LogP contribution in [0.4, 0.5) is 0 Å². The van der Waals surface area contributed by atoms with Gasteiger partial charge in [-0.25, -0.2) is 0 Å². The van der Waals surface area contributed by atoms with E-state index in [-0.39, 0.29) is 0 Å². The van der Waals surface area contributed by atoms with E-state index in [0.29, 0.717) is 5.56 Å². The minimum atomic E-state index is 0.689. The molecule has 0 aliphatic heterocycles. The molecule has 3 aromatic rings. The van der Waals surface area contributed by atoms with Crippen molar-refractivity contribution < 1.29 is 4.57 Å². The predicted molar refractivity (Wildman–Crippen MR) is 74.4 cm³/mol. The van der Waals surface area contributed by atoms with Gasteiger partial charge in [-0.05, 0) is 12.1 Å². The zero-order chi connectivity index (χ0) is 13.1. The molecule has 0 radical (unpaired) electrons. The van der Waals surface area contributed by atoms with Gasteiger partial charge in [0.15, 0.2) is 12.7 Å². The summed E-state index contributed by atoms with van der Waals surface area (Å²) < 4.78 is 2.13. The third-order valence-corrected chi connectivity index (χ3v) is 3.18. The molecule has 0 aliphatic rings. The maximum absolute atomic E-state index is 9.12. The van der Waals surface area contributed by atoms with Crippen molar-refractivity contribution in [2.75, 3.05) is 0 Å². The van der Waals surface area contributed by atoms with Gasteiger partial charge in [0, 0.05) is 17.0 Å². The molecule has 0 saturated heterocycles. The first kappa shape index (κ1) is 11.4. The van der Waals surface area contributed by atoms with Crippen LogP contribution in [0.5, 0.6) is 0 Å². The van der Waals surface area contributed by atoms with Crippen LogP contribution in [0.15, 0.2) is 66.9 Å². The monoisotopic (exact) mass is 245 g/mol. The highest BCUT2D eigenvalue weighted by atomic mass is 14.9. The molecule has 1 aromatic heterocycles. The highest BCUT2D eigenvalue weighted by Gasteiger charge is 2.11. The third-order valence-electron chi connectivity index (χ3n) is 3.18. The summed E-state index contributed by atoms with van der Waals surface area (Å²) in [7, 11) is 0. The predicted octanol–water partition coefficient (Wildman–Crippen LogP) is 3.05. The molecular weight excluding hydrogens is 232 g/mol. The van der Waals surface area contributed by atoms with E-state index in [2.05, 4.69) is 28.8 Å². The number of fused-ring (bicyclic) bond motifs is 1. The number of benzene rings is 2.